The number of hydrogen-bond donors (Lipinski definition) is 2. The van der Waals surface area contributed by atoms with Crippen molar-refractivity contribution in [3.8, 4) is 11.1 Å². The highest BCUT2D eigenvalue weighted by Gasteiger charge is 2.36. The number of ketones is 1. The van der Waals surface area contributed by atoms with Gasteiger partial charge in [-0.3, -0.25) is 4.79 Å². The van der Waals surface area contributed by atoms with Crippen LogP contribution in [0.1, 0.15) is 80.5 Å². The number of rotatable bonds is 11. The van der Waals surface area contributed by atoms with Crippen molar-refractivity contribution in [3.63, 3.8) is 0 Å². The van der Waals surface area contributed by atoms with Crippen LogP contribution in [-0.4, -0.2) is 37.9 Å². The number of anilines is 1. The van der Waals surface area contributed by atoms with E-state index in [-0.39, 0.29) is 11.2 Å². The molecule has 4 aromatic rings. The third-order valence-electron chi connectivity index (χ3n) is 8.35. The molecule has 5 rings (SSSR count). The van der Waals surface area contributed by atoms with Crippen molar-refractivity contribution in [1.29, 1.82) is 0 Å². The van der Waals surface area contributed by atoms with Gasteiger partial charge in [0.25, 0.3) is 0 Å². The molecule has 7 heteroatoms. The predicted molar refractivity (Wildman–Crippen MR) is 159 cm³/mol. The molecule has 0 amide bonds. The molecule has 2 aromatic heterocycles. The van der Waals surface area contributed by atoms with Crippen molar-refractivity contribution < 1.29 is 14.7 Å². The average Bonchev–Trinajstić information content (AvgIpc) is 3.32. The lowest BCUT2D eigenvalue weighted by Gasteiger charge is -2.35. The summed E-state index contributed by atoms with van der Waals surface area (Å²) >= 11 is 0. The van der Waals surface area contributed by atoms with Crippen LogP contribution in [-0.2, 0) is 17.8 Å². The number of nitrogens with one attached hydrogen (secondary N) is 1. The van der Waals surface area contributed by atoms with Gasteiger partial charge in [-0.2, -0.15) is 0 Å². The van der Waals surface area contributed by atoms with Gasteiger partial charge < -0.3 is 15.0 Å². The second-order valence-corrected chi connectivity index (χ2v) is 11.1. The summed E-state index contributed by atoms with van der Waals surface area (Å²) in [6.07, 6.45) is 8.25. The summed E-state index contributed by atoms with van der Waals surface area (Å²) in [6, 6.07) is 19.1. The molecule has 0 aliphatic heterocycles. The average molecular weight is 539 g/mol. The van der Waals surface area contributed by atoms with E-state index < -0.39 is 5.97 Å². The van der Waals surface area contributed by atoms with Gasteiger partial charge in [-0.25, -0.2) is 14.8 Å². The monoisotopic (exact) mass is 538 g/mol. The number of carbonyl (C=O) groups is 2. The lowest BCUT2D eigenvalue weighted by Crippen LogP contribution is -2.38. The first-order valence-electron chi connectivity index (χ1n) is 14.4. The Kier molecular flexibility index (Phi) is 8.29. The number of aromatic nitrogens is 3. The number of benzene rings is 2. The molecule has 2 aromatic carbocycles. The number of hydrogen-bond acceptors (Lipinski definition) is 5. The molecule has 208 valence electrons. The van der Waals surface area contributed by atoms with Gasteiger partial charge in [0.15, 0.2) is 5.65 Å². The molecule has 0 atom stereocenters. The number of carbonyl (C=O) groups excluding carboxylic acids is 1. The van der Waals surface area contributed by atoms with Crippen LogP contribution in [0, 0.1) is 5.41 Å². The van der Waals surface area contributed by atoms with E-state index in [1.807, 2.05) is 48.5 Å². The Morgan fingerprint density at radius 1 is 0.975 bits per heavy atom. The zero-order valence-corrected chi connectivity index (χ0v) is 23.4. The van der Waals surface area contributed by atoms with Gasteiger partial charge in [-0.15, -0.1) is 0 Å². The van der Waals surface area contributed by atoms with E-state index in [2.05, 4.69) is 16.8 Å². The number of fused-ring (bicyclic) bond motifs is 1. The fraction of sp³-hybridized carbons (Fsp3) is 0.394. The van der Waals surface area contributed by atoms with E-state index in [0.29, 0.717) is 24.2 Å². The van der Waals surface area contributed by atoms with Gasteiger partial charge in [0.1, 0.15) is 22.9 Å². The Morgan fingerprint density at radius 2 is 1.73 bits per heavy atom. The minimum Gasteiger partial charge on any atom is -0.478 e. The Hall–Kier alpha value is -4.00. The number of unbranched alkanes of at least 4 members (excludes halogenated alkanes) is 1. The van der Waals surface area contributed by atoms with Gasteiger partial charge in [-0.05, 0) is 61.1 Å². The summed E-state index contributed by atoms with van der Waals surface area (Å²) < 4.78 is 2.19. The van der Waals surface area contributed by atoms with E-state index >= 15 is 0 Å². The van der Waals surface area contributed by atoms with E-state index in [1.54, 1.807) is 19.1 Å². The number of nitrogens with zero attached hydrogens (tertiary/aromatic N) is 3. The highest BCUT2D eigenvalue weighted by atomic mass is 16.4. The highest BCUT2D eigenvalue weighted by molar-refractivity contribution is 5.96. The molecule has 40 heavy (non-hydrogen) atoms. The second-order valence-electron chi connectivity index (χ2n) is 11.1. The molecule has 0 saturated heterocycles. The van der Waals surface area contributed by atoms with Gasteiger partial charge in [0, 0.05) is 18.4 Å². The van der Waals surface area contributed by atoms with E-state index in [9.17, 15) is 14.7 Å². The molecule has 0 radical (unpaired) electrons. The molecular formula is C33H38N4O3. The Balaban J connectivity index is 1.42. The lowest BCUT2D eigenvalue weighted by molar-refractivity contribution is -0.127. The number of carboxylic acids is 1. The van der Waals surface area contributed by atoms with Crippen molar-refractivity contribution in [1.82, 2.24) is 14.5 Å². The fourth-order valence-corrected chi connectivity index (χ4v) is 5.87. The zero-order valence-electron chi connectivity index (χ0n) is 23.4. The number of Topliss-reactive ketones (excluding diaryl/α,β-unsaturated/α-hetero) is 1. The largest absolute Gasteiger partial charge is 0.478 e. The molecule has 0 unspecified atom stereocenters. The molecule has 1 aliphatic carbocycles. The van der Waals surface area contributed by atoms with Crippen LogP contribution in [0.5, 0.6) is 0 Å². The number of pyridine rings is 1. The Bertz CT molecular complexity index is 1500. The topological polar surface area (TPSA) is 97.1 Å². The van der Waals surface area contributed by atoms with Crippen LogP contribution >= 0.6 is 0 Å². The maximum absolute atomic E-state index is 12.6. The van der Waals surface area contributed by atoms with E-state index in [4.69, 9.17) is 9.97 Å². The molecule has 1 aliphatic rings. The normalized spacial score (nSPS) is 14.8. The van der Waals surface area contributed by atoms with Gasteiger partial charge in [0.2, 0.25) is 0 Å². The maximum atomic E-state index is 12.6. The molecule has 1 saturated carbocycles. The highest BCUT2D eigenvalue weighted by Crippen LogP contribution is 2.37. The van der Waals surface area contributed by atoms with Crippen LogP contribution < -0.4 is 5.32 Å². The van der Waals surface area contributed by atoms with Crippen LogP contribution in [0.25, 0.3) is 22.3 Å². The fourth-order valence-electron chi connectivity index (χ4n) is 5.87. The minimum absolute atomic E-state index is 0.266. The maximum Gasteiger partial charge on any atom is 0.336 e. The second kappa shape index (κ2) is 12.0. The molecule has 0 spiro atoms. The van der Waals surface area contributed by atoms with Gasteiger partial charge in [0.05, 0.1) is 12.1 Å². The molecule has 7 nitrogen and oxygen atoms in total. The molecule has 1 fully saturated rings. The third kappa shape index (κ3) is 5.79. The first kappa shape index (κ1) is 27.6. The van der Waals surface area contributed by atoms with Crippen LogP contribution in [0.4, 0.5) is 5.82 Å². The van der Waals surface area contributed by atoms with E-state index in [0.717, 1.165) is 78.9 Å². The van der Waals surface area contributed by atoms with Crippen LogP contribution in [0.2, 0.25) is 0 Å². The lowest BCUT2D eigenvalue weighted by atomic mass is 9.71. The smallest absolute Gasteiger partial charge is 0.336 e. The third-order valence-corrected chi connectivity index (χ3v) is 8.35. The van der Waals surface area contributed by atoms with Crippen LogP contribution in [0.15, 0.2) is 60.7 Å². The summed E-state index contributed by atoms with van der Waals surface area (Å²) in [5.41, 5.74) is 4.35. The molecule has 2 heterocycles. The Labute approximate surface area is 235 Å². The minimum atomic E-state index is -0.932. The number of imidazole rings is 1. The number of aromatic carboxylic acids is 1. The van der Waals surface area contributed by atoms with Crippen molar-refractivity contribution in [3.05, 3.63) is 77.6 Å². The van der Waals surface area contributed by atoms with Gasteiger partial charge in [-0.1, -0.05) is 75.1 Å². The standard InChI is InChI=1S/C33H38N4O3/c1-3-4-12-30-35-28-17-18-29(34-22-33(23(2)38)19-8-5-9-20-33)36-31(28)37(30)21-24-13-15-25(16-14-24)26-10-6-7-11-27(26)32(39)40/h6-7,10-11,13-18H,3-5,8-9,12,19-22H2,1-2H3,(H,34,36)(H,39,40). The SMILES string of the molecule is CCCCc1nc2ccc(NCC3(C(C)=O)CCCCC3)nc2n1Cc1ccc(-c2ccccc2C(=O)O)cc1. The first-order valence-corrected chi connectivity index (χ1v) is 14.4. The summed E-state index contributed by atoms with van der Waals surface area (Å²) in [4.78, 5) is 34.2. The number of aryl methyl sites for hydroxylation is 1. The van der Waals surface area contributed by atoms with Crippen LogP contribution in [0.3, 0.4) is 0 Å². The summed E-state index contributed by atoms with van der Waals surface area (Å²) in [7, 11) is 0. The predicted octanol–water partition coefficient (Wildman–Crippen LogP) is 7.14. The summed E-state index contributed by atoms with van der Waals surface area (Å²) in [5.74, 6) is 1.11. The first-order chi connectivity index (χ1) is 19.4. The van der Waals surface area contributed by atoms with Crippen molar-refractivity contribution in [2.24, 2.45) is 5.41 Å². The van der Waals surface area contributed by atoms with Crippen molar-refractivity contribution in [2.75, 3.05) is 11.9 Å². The van der Waals surface area contributed by atoms with E-state index in [1.165, 1.54) is 6.42 Å². The van der Waals surface area contributed by atoms with Crippen molar-refractivity contribution >= 4 is 28.7 Å². The van der Waals surface area contributed by atoms with Crippen molar-refractivity contribution in [2.45, 2.75) is 71.8 Å². The summed E-state index contributed by atoms with van der Waals surface area (Å²) in [6.45, 7) is 5.13. The number of carboxylic acid groups (broad SMARTS) is 1. The molecule has 0 bridgehead atoms. The zero-order chi connectivity index (χ0) is 28.1. The Morgan fingerprint density at radius 3 is 2.42 bits per heavy atom. The quantitative estimate of drug-likeness (QED) is 0.211. The van der Waals surface area contributed by atoms with Gasteiger partial charge >= 0.3 is 5.97 Å². The molecular weight excluding hydrogens is 500 g/mol. The summed E-state index contributed by atoms with van der Waals surface area (Å²) in [5, 5.41) is 13.1. The molecule has 2 N–H and O–H groups in total.